The molecule has 0 fully saturated rings. The summed E-state index contributed by atoms with van der Waals surface area (Å²) in [5.41, 5.74) is 0. The molecule has 1 rings (SSSR count). The standard InChI is InChI=1S/C10H19N3/c1-3-5-6-8-13-9-11-12-10(13)7-4-2/h9H,3-8H2,1-2H3. The average Bonchev–Trinajstić information content (AvgIpc) is 2.54. The third-order valence-electron chi connectivity index (χ3n) is 2.17. The molecule has 3 heteroatoms. The Hall–Kier alpha value is -0.860. The molecule has 0 spiro atoms. The lowest BCUT2D eigenvalue weighted by molar-refractivity contribution is 0.576. The highest BCUT2D eigenvalue weighted by Gasteiger charge is 2.01. The monoisotopic (exact) mass is 181 g/mol. The maximum atomic E-state index is 4.10. The van der Waals surface area contributed by atoms with E-state index in [9.17, 15) is 0 Å². The fourth-order valence-corrected chi connectivity index (χ4v) is 1.42. The van der Waals surface area contributed by atoms with E-state index in [1.54, 1.807) is 0 Å². The van der Waals surface area contributed by atoms with Gasteiger partial charge in [0, 0.05) is 13.0 Å². The van der Waals surface area contributed by atoms with Crippen LogP contribution in [0.2, 0.25) is 0 Å². The second-order valence-electron chi connectivity index (χ2n) is 3.40. The van der Waals surface area contributed by atoms with Gasteiger partial charge in [0.2, 0.25) is 0 Å². The lowest BCUT2D eigenvalue weighted by atomic mass is 10.2. The minimum atomic E-state index is 1.05. The van der Waals surface area contributed by atoms with Crippen molar-refractivity contribution >= 4 is 0 Å². The minimum absolute atomic E-state index is 1.05. The summed E-state index contributed by atoms with van der Waals surface area (Å²) in [6.07, 6.45) is 7.85. The summed E-state index contributed by atoms with van der Waals surface area (Å²) in [5, 5.41) is 8.03. The Morgan fingerprint density at radius 3 is 2.77 bits per heavy atom. The molecule has 1 aromatic rings. The van der Waals surface area contributed by atoms with E-state index in [4.69, 9.17) is 0 Å². The van der Waals surface area contributed by atoms with Gasteiger partial charge in [0.1, 0.15) is 12.2 Å². The molecule has 0 aliphatic rings. The molecule has 13 heavy (non-hydrogen) atoms. The summed E-state index contributed by atoms with van der Waals surface area (Å²) in [6.45, 7) is 5.47. The number of hydrogen-bond donors (Lipinski definition) is 0. The lowest BCUT2D eigenvalue weighted by Gasteiger charge is -2.04. The molecule has 1 heterocycles. The largest absolute Gasteiger partial charge is 0.318 e. The van der Waals surface area contributed by atoms with Crippen LogP contribution in [0.25, 0.3) is 0 Å². The maximum Gasteiger partial charge on any atom is 0.132 e. The Morgan fingerprint density at radius 2 is 2.08 bits per heavy atom. The molecule has 0 bridgehead atoms. The van der Waals surface area contributed by atoms with E-state index in [1.165, 1.54) is 19.3 Å². The molecule has 0 aliphatic heterocycles. The van der Waals surface area contributed by atoms with E-state index in [1.807, 2.05) is 6.33 Å². The number of hydrogen-bond acceptors (Lipinski definition) is 2. The molecule has 0 radical (unpaired) electrons. The van der Waals surface area contributed by atoms with Gasteiger partial charge in [-0.2, -0.15) is 0 Å². The molecular formula is C10H19N3. The summed E-state index contributed by atoms with van der Waals surface area (Å²) in [4.78, 5) is 0. The van der Waals surface area contributed by atoms with Crippen molar-refractivity contribution in [3.63, 3.8) is 0 Å². The van der Waals surface area contributed by atoms with Crippen LogP contribution in [0.5, 0.6) is 0 Å². The van der Waals surface area contributed by atoms with Crippen LogP contribution >= 0.6 is 0 Å². The van der Waals surface area contributed by atoms with Crippen LogP contribution < -0.4 is 0 Å². The predicted octanol–water partition coefficient (Wildman–Crippen LogP) is 2.42. The van der Waals surface area contributed by atoms with E-state index >= 15 is 0 Å². The first-order chi connectivity index (χ1) is 6.38. The first-order valence-electron chi connectivity index (χ1n) is 5.25. The Kier molecular flexibility index (Phi) is 4.50. The van der Waals surface area contributed by atoms with Gasteiger partial charge >= 0.3 is 0 Å². The van der Waals surface area contributed by atoms with Crippen molar-refractivity contribution in [3.05, 3.63) is 12.2 Å². The summed E-state index contributed by atoms with van der Waals surface area (Å²) >= 11 is 0. The highest BCUT2D eigenvalue weighted by molar-refractivity contribution is 4.85. The number of aryl methyl sites for hydroxylation is 2. The second-order valence-corrected chi connectivity index (χ2v) is 3.40. The minimum Gasteiger partial charge on any atom is -0.318 e. The predicted molar refractivity (Wildman–Crippen MR) is 53.5 cm³/mol. The lowest BCUT2D eigenvalue weighted by Crippen LogP contribution is -2.02. The van der Waals surface area contributed by atoms with Gasteiger partial charge in [-0.15, -0.1) is 10.2 Å². The van der Waals surface area contributed by atoms with Crippen molar-refractivity contribution in [2.75, 3.05) is 0 Å². The molecule has 0 saturated heterocycles. The molecule has 0 atom stereocenters. The smallest absolute Gasteiger partial charge is 0.132 e. The van der Waals surface area contributed by atoms with Gasteiger partial charge in [0.25, 0.3) is 0 Å². The molecule has 1 aromatic heterocycles. The molecule has 0 aromatic carbocycles. The van der Waals surface area contributed by atoms with Gasteiger partial charge in [-0.05, 0) is 12.8 Å². The first-order valence-corrected chi connectivity index (χ1v) is 5.25. The van der Waals surface area contributed by atoms with Crippen molar-refractivity contribution in [3.8, 4) is 0 Å². The molecule has 0 aliphatic carbocycles. The third kappa shape index (κ3) is 3.17. The summed E-state index contributed by atoms with van der Waals surface area (Å²) in [6, 6.07) is 0. The van der Waals surface area contributed by atoms with E-state index in [2.05, 4.69) is 28.6 Å². The van der Waals surface area contributed by atoms with Crippen LogP contribution in [0, 0.1) is 0 Å². The number of aromatic nitrogens is 3. The van der Waals surface area contributed by atoms with Gasteiger partial charge < -0.3 is 4.57 Å². The Balaban J connectivity index is 2.40. The maximum absolute atomic E-state index is 4.10. The SMILES string of the molecule is CCCCCn1cnnc1CCC. The zero-order valence-corrected chi connectivity index (χ0v) is 8.66. The van der Waals surface area contributed by atoms with Gasteiger partial charge in [-0.1, -0.05) is 26.7 Å². The summed E-state index contributed by atoms with van der Waals surface area (Å²) < 4.78 is 2.18. The zero-order chi connectivity index (χ0) is 9.52. The van der Waals surface area contributed by atoms with E-state index in [0.717, 1.165) is 25.2 Å². The van der Waals surface area contributed by atoms with E-state index in [-0.39, 0.29) is 0 Å². The van der Waals surface area contributed by atoms with Crippen LogP contribution in [0.4, 0.5) is 0 Å². The second kappa shape index (κ2) is 5.73. The van der Waals surface area contributed by atoms with Crippen molar-refractivity contribution in [2.24, 2.45) is 0 Å². The van der Waals surface area contributed by atoms with E-state index < -0.39 is 0 Å². The van der Waals surface area contributed by atoms with E-state index in [0.29, 0.717) is 0 Å². The van der Waals surface area contributed by atoms with Gasteiger partial charge in [-0.3, -0.25) is 0 Å². The van der Waals surface area contributed by atoms with Gasteiger partial charge in [0.15, 0.2) is 0 Å². The quantitative estimate of drug-likeness (QED) is 0.631. The highest BCUT2D eigenvalue weighted by Crippen LogP contribution is 2.03. The Morgan fingerprint density at radius 1 is 1.23 bits per heavy atom. The fraction of sp³-hybridized carbons (Fsp3) is 0.800. The van der Waals surface area contributed by atoms with Crippen molar-refractivity contribution in [1.82, 2.24) is 14.8 Å². The van der Waals surface area contributed by atoms with Gasteiger partial charge in [0.05, 0.1) is 0 Å². The molecule has 3 nitrogen and oxygen atoms in total. The van der Waals surface area contributed by atoms with Gasteiger partial charge in [-0.25, -0.2) is 0 Å². The normalized spacial score (nSPS) is 10.6. The molecular weight excluding hydrogens is 162 g/mol. The van der Waals surface area contributed by atoms with Crippen LogP contribution in [0.3, 0.4) is 0 Å². The molecule has 0 saturated carbocycles. The fourth-order valence-electron chi connectivity index (χ4n) is 1.42. The Bertz CT molecular complexity index is 230. The first kappa shape index (κ1) is 10.2. The molecule has 0 amide bonds. The Labute approximate surface area is 80.2 Å². The highest BCUT2D eigenvalue weighted by atomic mass is 15.3. The van der Waals surface area contributed by atoms with Crippen LogP contribution in [0.1, 0.15) is 45.4 Å². The van der Waals surface area contributed by atoms with Crippen molar-refractivity contribution in [1.29, 1.82) is 0 Å². The summed E-state index contributed by atoms with van der Waals surface area (Å²) in [5.74, 6) is 1.14. The van der Waals surface area contributed by atoms with Crippen LogP contribution in [-0.2, 0) is 13.0 Å². The average molecular weight is 181 g/mol. The topological polar surface area (TPSA) is 30.7 Å². The number of nitrogens with zero attached hydrogens (tertiary/aromatic N) is 3. The summed E-state index contributed by atoms with van der Waals surface area (Å²) in [7, 11) is 0. The van der Waals surface area contributed by atoms with Crippen molar-refractivity contribution in [2.45, 2.75) is 52.5 Å². The van der Waals surface area contributed by atoms with Crippen LogP contribution in [0.15, 0.2) is 6.33 Å². The molecule has 0 unspecified atom stereocenters. The third-order valence-corrected chi connectivity index (χ3v) is 2.17. The molecule has 74 valence electrons. The number of rotatable bonds is 6. The van der Waals surface area contributed by atoms with Crippen LogP contribution in [-0.4, -0.2) is 14.8 Å². The zero-order valence-electron chi connectivity index (χ0n) is 8.66. The molecule has 0 N–H and O–H groups in total. The number of unbranched alkanes of at least 4 members (excludes halogenated alkanes) is 2. The van der Waals surface area contributed by atoms with Crippen molar-refractivity contribution < 1.29 is 0 Å².